The maximum absolute atomic E-state index is 14.0. The van der Waals surface area contributed by atoms with Crippen LogP contribution in [-0.4, -0.2) is 51.2 Å². The van der Waals surface area contributed by atoms with Crippen LogP contribution in [0.4, 0.5) is 18.9 Å². The second kappa shape index (κ2) is 8.41. The predicted molar refractivity (Wildman–Crippen MR) is 98.4 cm³/mol. The Kier molecular flexibility index (Phi) is 5.96. The van der Waals surface area contributed by atoms with Gasteiger partial charge < -0.3 is 19.3 Å². The third-order valence-corrected chi connectivity index (χ3v) is 4.79. The summed E-state index contributed by atoms with van der Waals surface area (Å²) in [5.74, 6) is -2.84. The maximum atomic E-state index is 14.0. The SMILES string of the molecule is COc1ccc(CC(=O)N2CCN(c3ccc(F)c(F)c3F)CC2)cc1OC. The van der Waals surface area contributed by atoms with Crippen molar-refractivity contribution in [3.63, 3.8) is 0 Å². The van der Waals surface area contributed by atoms with E-state index in [1.54, 1.807) is 28.0 Å². The standard InChI is InChI=1S/C20H21F3N2O3/c1-27-16-6-3-13(11-17(16)28-2)12-18(26)25-9-7-24(8-10-25)15-5-4-14(21)19(22)20(15)23/h3-6,11H,7-10,12H2,1-2H3. The average Bonchev–Trinajstić information content (AvgIpc) is 2.72. The van der Waals surface area contributed by atoms with E-state index < -0.39 is 17.5 Å². The van der Waals surface area contributed by atoms with E-state index in [4.69, 9.17) is 9.47 Å². The van der Waals surface area contributed by atoms with Crippen LogP contribution in [0, 0.1) is 17.5 Å². The number of piperazine rings is 1. The van der Waals surface area contributed by atoms with Crippen molar-refractivity contribution in [1.82, 2.24) is 4.90 Å². The number of hydrogen-bond acceptors (Lipinski definition) is 4. The third-order valence-electron chi connectivity index (χ3n) is 4.79. The van der Waals surface area contributed by atoms with Gasteiger partial charge in [0.05, 0.1) is 26.3 Å². The number of carbonyl (C=O) groups excluding carboxylic acids is 1. The first-order chi connectivity index (χ1) is 13.4. The van der Waals surface area contributed by atoms with Gasteiger partial charge in [-0.25, -0.2) is 13.2 Å². The Hall–Kier alpha value is -2.90. The van der Waals surface area contributed by atoms with E-state index in [1.807, 2.05) is 0 Å². The summed E-state index contributed by atoms with van der Waals surface area (Å²) >= 11 is 0. The molecule has 0 saturated carbocycles. The average molecular weight is 394 g/mol. The highest BCUT2D eigenvalue weighted by atomic mass is 19.2. The van der Waals surface area contributed by atoms with Gasteiger partial charge in [-0.15, -0.1) is 0 Å². The van der Waals surface area contributed by atoms with E-state index in [2.05, 4.69) is 0 Å². The summed E-state index contributed by atoms with van der Waals surface area (Å²) in [5.41, 5.74) is 0.794. The van der Waals surface area contributed by atoms with Crippen molar-refractivity contribution in [2.75, 3.05) is 45.3 Å². The monoisotopic (exact) mass is 394 g/mol. The molecule has 3 rings (SSSR count). The van der Waals surface area contributed by atoms with Crippen LogP contribution in [0.2, 0.25) is 0 Å². The van der Waals surface area contributed by atoms with Crippen LogP contribution in [-0.2, 0) is 11.2 Å². The van der Waals surface area contributed by atoms with Crippen molar-refractivity contribution in [2.45, 2.75) is 6.42 Å². The summed E-state index contributed by atoms with van der Waals surface area (Å²) in [5, 5.41) is 0. The highest BCUT2D eigenvalue weighted by Crippen LogP contribution is 2.28. The van der Waals surface area contributed by atoms with Gasteiger partial charge >= 0.3 is 0 Å². The molecule has 0 N–H and O–H groups in total. The topological polar surface area (TPSA) is 42.0 Å². The molecule has 2 aromatic rings. The van der Waals surface area contributed by atoms with Gasteiger partial charge in [-0.05, 0) is 29.8 Å². The first kappa shape index (κ1) is 19.9. The Bertz CT molecular complexity index is 868. The van der Waals surface area contributed by atoms with Crippen LogP contribution >= 0.6 is 0 Å². The van der Waals surface area contributed by atoms with Crippen LogP contribution in [0.5, 0.6) is 11.5 Å². The number of halogens is 3. The molecule has 150 valence electrons. The lowest BCUT2D eigenvalue weighted by atomic mass is 10.1. The number of hydrogen-bond donors (Lipinski definition) is 0. The van der Waals surface area contributed by atoms with E-state index >= 15 is 0 Å². The fourth-order valence-electron chi connectivity index (χ4n) is 3.23. The highest BCUT2D eigenvalue weighted by molar-refractivity contribution is 5.79. The fourth-order valence-corrected chi connectivity index (χ4v) is 3.23. The molecular formula is C20H21F3N2O3. The van der Waals surface area contributed by atoms with Crippen molar-refractivity contribution >= 4 is 11.6 Å². The van der Waals surface area contributed by atoms with E-state index in [0.717, 1.165) is 11.6 Å². The van der Waals surface area contributed by atoms with Crippen molar-refractivity contribution in [1.29, 1.82) is 0 Å². The number of anilines is 1. The molecule has 5 nitrogen and oxygen atoms in total. The van der Waals surface area contributed by atoms with Gasteiger partial charge in [0.25, 0.3) is 0 Å². The van der Waals surface area contributed by atoms with Crippen molar-refractivity contribution in [3.05, 3.63) is 53.3 Å². The minimum Gasteiger partial charge on any atom is -0.493 e. The molecule has 0 aliphatic carbocycles. The summed E-state index contributed by atoms with van der Waals surface area (Å²) in [6, 6.07) is 7.41. The van der Waals surface area contributed by atoms with Gasteiger partial charge in [0.15, 0.2) is 29.0 Å². The molecule has 0 atom stereocenters. The van der Waals surface area contributed by atoms with Crippen molar-refractivity contribution < 1.29 is 27.4 Å². The molecular weight excluding hydrogens is 373 g/mol. The summed E-state index contributed by atoms with van der Waals surface area (Å²) in [7, 11) is 3.07. The number of ether oxygens (including phenoxy) is 2. The van der Waals surface area contributed by atoms with Crippen molar-refractivity contribution in [2.24, 2.45) is 0 Å². The molecule has 1 saturated heterocycles. The molecule has 28 heavy (non-hydrogen) atoms. The van der Waals surface area contributed by atoms with Gasteiger partial charge in [0.1, 0.15) is 0 Å². The molecule has 8 heteroatoms. The van der Waals surface area contributed by atoms with Crippen LogP contribution in [0.3, 0.4) is 0 Å². The molecule has 1 amide bonds. The van der Waals surface area contributed by atoms with E-state index in [9.17, 15) is 18.0 Å². The Morgan fingerprint density at radius 2 is 1.61 bits per heavy atom. The molecule has 0 spiro atoms. The second-order valence-electron chi connectivity index (χ2n) is 6.43. The summed E-state index contributed by atoms with van der Waals surface area (Å²) < 4.78 is 50.9. The minimum absolute atomic E-state index is 0.00545. The Labute approximate surface area is 161 Å². The first-order valence-electron chi connectivity index (χ1n) is 8.81. The number of amides is 1. The largest absolute Gasteiger partial charge is 0.493 e. The number of nitrogens with zero attached hydrogens (tertiary/aromatic N) is 2. The minimum atomic E-state index is -1.48. The lowest BCUT2D eigenvalue weighted by molar-refractivity contribution is -0.130. The zero-order chi connectivity index (χ0) is 20.3. The van der Waals surface area contributed by atoms with Gasteiger partial charge in [-0.1, -0.05) is 6.07 Å². The van der Waals surface area contributed by atoms with Gasteiger partial charge in [0, 0.05) is 26.2 Å². The lowest BCUT2D eigenvalue weighted by Gasteiger charge is -2.36. The third kappa shape index (κ3) is 4.00. The number of rotatable bonds is 5. The molecule has 1 heterocycles. The number of carbonyl (C=O) groups is 1. The quantitative estimate of drug-likeness (QED) is 0.732. The zero-order valence-electron chi connectivity index (χ0n) is 15.7. The summed E-state index contributed by atoms with van der Waals surface area (Å²) in [6.45, 7) is 1.40. The normalized spacial score (nSPS) is 14.2. The Morgan fingerprint density at radius 1 is 0.929 bits per heavy atom. The number of methoxy groups -OCH3 is 2. The summed E-state index contributed by atoms with van der Waals surface area (Å²) in [6.07, 6.45) is 0.194. The molecule has 1 aliphatic heterocycles. The van der Waals surface area contributed by atoms with E-state index in [0.29, 0.717) is 37.7 Å². The summed E-state index contributed by atoms with van der Waals surface area (Å²) in [4.78, 5) is 15.9. The smallest absolute Gasteiger partial charge is 0.227 e. The second-order valence-corrected chi connectivity index (χ2v) is 6.43. The number of benzene rings is 2. The van der Waals surface area contributed by atoms with E-state index in [-0.39, 0.29) is 18.0 Å². The Morgan fingerprint density at radius 3 is 2.25 bits per heavy atom. The highest BCUT2D eigenvalue weighted by Gasteiger charge is 2.25. The molecule has 2 aromatic carbocycles. The van der Waals surface area contributed by atoms with Gasteiger partial charge in [-0.3, -0.25) is 4.79 Å². The molecule has 1 fully saturated rings. The van der Waals surface area contributed by atoms with Gasteiger partial charge in [-0.2, -0.15) is 0 Å². The first-order valence-corrected chi connectivity index (χ1v) is 8.81. The van der Waals surface area contributed by atoms with Crippen LogP contribution in [0.1, 0.15) is 5.56 Å². The fraction of sp³-hybridized carbons (Fsp3) is 0.350. The van der Waals surface area contributed by atoms with E-state index in [1.165, 1.54) is 20.3 Å². The molecule has 0 bridgehead atoms. The van der Waals surface area contributed by atoms with Crippen LogP contribution in [0.15, 0.2) is 30.3 Å². The molecule has 0 unspecified atom stereocenters. The predicted octanol–water partition coefficient (Wildman–Crippen LogP) is 3.01. The van der Waals surface area contributed by atoms with Gasteiger partial charge in [0.2, 0.25) is 5.91 Å². The molecule has 1 aliphatic rings. The Balaban J connectivity index is 1.62. The maximum Gasteiger partial charge on any atom is 0.227 e. The van der Waals surface area contributed by atoms with Crippen molar-refractivity contribution in [3.8, 4) is 11.5 Å². The zero-order valence-corrected chi connectivity index (χ0v) is 15.7. The molecule has 0 radical (unpaired) electrons. The van der Waals surface area contributed by atoms with Crippen LogP contribution < -0.4 is 14.4 Å². The van der Waals surface area contributed by atoms with Crippen LogP contribution in [0.25, 0.3) is 0 Å². The molecule has 0 aromatic heterocycles. The lowest BCUT2D eigenvalue weighted by Crippen LogP contribution is -2.49.